The van der Waals surface area contributed by atoms with Crippen molar-refractivity contribution in [1.29, 1.82) is 0 Å². The summed E-state index contributed by atoms with van der Waals surface area (Å²) in [4.78, 5) is 0. The molecule has 0 heterocycles. The van der Waals surface area contributed by atoms with Crippen LogP contribution >= 0.6 is 11.6 Å². The zero-order valence-corrected chi connectivity index (χ0v) is 11.7. The van der Waals surface area contributed by atoms with Gasteiger partial charge < -0.3 is 5.32 Å². The lowest BCUT2D eigenvalue weighted by Gasteiger charge is -2.17. The molecule has 0 aliphatic carbocycles. The first-order valence-electron chi connectivity index (χ1n) is 5.56. The molecule has 0 fully saturated rings. The van der Waals surface area contributed by atoms with Crippen LogP contribution in [-0.2, 0) is 16.3 Å². The van der Waals surface area contributed by atoms with Crippen molar-refractivity contribution < 1.29 is 8.42 Å². The average molecular weight is 276 g/mol. The predicted molar refractivity (Wildman–Crippen MR) is 72.3 cm³/mol. The van der Waals surface area contributed by atoms with Crippen molar-refractivity contribution in [2.75, 3.05) is 18.6 Å². The summed E-state index contributed by atoms with van der Waals surface area (Å²) in [5.41, 5.74) is 1.05. The Bertz CT molecular complexity index is 459. The summed E-state index contributed by atoms with van der Waals surface area (Å²) >= 11 is 5.90. The zero-order chi connectivity index (χ0) is 12.9. The molecule has 1 rings (SSSR count). The van der Waals surface area contributed by atoms with Gasteiger partial charge in [-0.15, -0.1) is 0 Å². The van der Waals surface area contributed by atoms with Gasteiger partial charge >= 0.3 is 0 Å². The Hall–Kier alpha value is -0.580. The molecule has 96 valence electrons. The molecule has 0 amide bonds. The summed E-state index contributed by atoms with van der Waals surface area (Å²) in [6.07, 6.45) is 1.93. The highest BCUT2D eigenvalue weighted by atomic mass is 35.5. The van der Waals surface area contributed by atoms with Crippen LogP contribution in [0.2, 0.25) is 5.02 Å². The van der Waals surface area contributed by atoms with Gasteiger partial charge in [0.2, 0.25) is 0 Å². The van der Waals surface area contributed by atoms with E-state index >= 15 is 0 Å². The summed E-state index contributed by atoms with van der Waals surface area (Å²) in [6.45, 7) is 2.72. The highest BCUT2D eigenvalue weighted by Gasteiger charge is 2.14. The molecule has 0 radical (unpaired) electrons. The maximum absolute atomic E-state index is 11.3. The van der Waals surface area contributed by atoms with Gasteiger partial charge in [-0.3, -0.25) is 0 Å². The van der Waals surface area contributed by atoms with Gasteiger partial charge in [0.1, 0.15) is 9.84 Å². The van der Waals surface area contributed by atoms with E-state index in [1.54, 1.807) is 0 Å². The smallest absolute Gasteiger partial charge is 0.148 e. The second-order valence-corrected chi connectivity index (χ2v) is 6.80. The quantitative estimate of drug-likeness (QED) is 0.863. The first-order valence-corrected chi connectivity index (χ1v) is 8.00. The van der Waals surface area contributed by atoms with Crippen LogP contribution < -0.4 is 5.32 Å². The molecule has 0 aliphatic heterocycles. The maximum atomic E-state index is 11.3. The zero-order valence-electron chi connectivity index (χ0n) is 10.1. The molecule has 0 aliphatic rings. The second-order valence-electron chi connectivity index (χ2n) is 4.18. The third-order valence-corrected chi connectivity index (χ3v) is 3.61. The Kier molecular flexibility index (Phi) is 5.43. The molecule has 1 aromatic carbocycles. The molecule has 3 nitrogen and oxygen atoms in total. The van der Waals surface area contributed by atoms with Crippen LogP contribution in [0.4, 0.5) is 0 Å². The molecule has 0 spiro atoms. The standard InChI is InChI=1S/C12H18ClNO2S/c1-3-14-12(9-17(2,15)16)8-10-5-4-6-11(13)7-10/h4-7,12,14H,3,8-9H2,1-2H3. The molecule has 17 heavy (non-hydrogen) atoms. The first-order chi connectivity index (χ1) is 7.90. The number of hydrogen-bond donors (Lipinski definition) is 1. The van der Waals surface area contributed by atoms with Crippen LogP contribution in [0.5, 0.6) is 0 Å². The van der Waals surface area contributed by atoms with Crippen LogP contribution in [0, 0.1) is 0 Å². The third kappa shape index (κ3) is 6.05. The Balaban J connectivity index is 2.73. The summed E-state index contributed by atoms with van der Waals surface area (Å²) in [6, 6.07) is 7.45. The number of nitrogens with one attached hydrogen (secondary N) is 1. The molecule has 0 saturated carbocycles. The molecule has 0 bridgehead atoms. The lowest BCUT2D eigenvalue weighted by molar-refractivity contribution is 0.545. The Labute approximate surface area is 108 Å². The van der Waals surface area contributed by atoms with Gasteiger partial charge in [-0.25, -0.2) is 8.42 Å². The van der Waals surface area contributed by atoms with E-state index in [9.17, 15) is 8.42 Å². The van der Waals surface area contributed by atoms with E-state index in [-0.39, 0.29) is 11.8 Å². The van der Waals surface area contributed by atoms with Crippen LogP contribution in [0.15, 0.2) is 24.3 Å². The molecule has 5 heteroatoms. The van der Waals surface area contributed by atoms with E-state index in [2.05, 4.69) is 5.32 Å². The van der Waals surface area contributed by atoms with Gasteiger partial charge in [-0.2, -0.15) is 0 Å². The number of halogens is 1. The SMILES string of the molecule is CCNC(Cc1cccc(Cl)c1)CS(C)(=O)=O. The summed E-state index contributed by atoms with van der Waals surface area (Å²) in [5, 5.41) is 3.86. The van der Waals surface area contributed by atoms with E-state index in [1.807, 2.05) is 31.2 Å². The third-order valence-electron chi connectivity index (χ3n) is 2.37. The summed E-state index contributed by atoms with van der Waals surface area (Å²) < 4.78 is 22.6. The highest BCUT2D eigenvalue weighted by molar-refractivity contribution is 7.90. The van der Waals surface area contributed by atoms with Crippen molar-refractivity contribution in [3.63, 3.8) is 0 Å². The minimum absolute atomic E-state index is 0.0616. The number of likely N-dealkylation sites (N-methyl/N-ethyl adjacent to an activating group) is 1. The van der Waals surface area contributed by atoms with Crippen molar-refractivity contribution >= 4 is 21.4 Å². The van der Waals surface area contributed by atoms with E-state index in [1.165, 1.54) is 6.26 Å². The number of rotatable bonds is 6. The Morgan fingerprint density at radius 3 is 2.65 bits per heavy atom. The number of hydrogen-bond acceptors (Lipinski definition) is 3. The van der Waals surface area contributed by atoms with Crippen molar-refractivity contribution in [1.82, 2.24) is 5.32 Å². The van der Waals surface area contributed by atoms with Crippen molar-refractivity contribution in [2.45, 2.75) is 19.4 Å². The van der Waals surface area contributed by atoms with Crippen molar-refractivity contribution in [3.8, 4) is 0 Å². The monoisotopic (exact) mass is 275 g/mol. The van der Waals surface area contributed by atoms with E-state index in [4.69, 9.17) is 11.6 Å². The van der Waals surface area contributed by atoms with Gasteiger partial charge in [0.25, 0.3) is 0 Å². The normalized spacial score (nSPS) is 13.6. The Morgan fingerprint density at radius 1 is 1.41 bits per heavy atom. The van der Waals surface area contributed by atoms with Gasteiger partial charge in [0.15, 0.2) is 0 Å². The van der Waals surface area contributed by atoms with Gasteiger partial charge in [-0.05, 0) is 30.7 Å². The fourth-order valence-electron chi connectivity index (χ4n) is 1.79. The molecule has 1 N–H and O–H groups in total. The van der Waals surface area contributed by atoms with Crippen LogP contribution in [0.25, 0.3) is 0 Å². The Morgan fingerprint density at radius 2 is 2.12 bits per heavy atom. The fraction of sp³-hybridized carbons (Fsp3) is 0.500. The predicted octanol–water partition coefficient (Wildman–Crippen LogP) is 1.91. The van der Waals surface area contributed by atoms with Gasteiger partial charge in [-0.1, -0.05) is 30.7 Å². The number of sulfone groups is 1. The minimum Gasteiger partial charge on any atom is -0.313 e. The summed E-state index contributed by atoms with van der Waals surface area (Å²) in [5.74, 6) is 0.146. The molecular weight excluding hydrogens is 258 g/mol. The lowest BCUT2D eigenvalue weighted by atomic mass is 10.1. The molecule has 0 aromatic heterocycles. The molecule has 0 saturated heterocycles. The maximum Gasteiger partial charge on any atom is 0.148 e. The topological polar surface area (TPSA) is 46.2 Å². The molecular formula is C12H18ClNO2S. The van der Waals surface area contributed by atoms with E-state index < -0.39 is 9.84 Å². The van der Waals surface area contributed by atoms with E-state index in [0.717, 1.165) is 12.1 Å². The van der Waals surface area contributed by atoms with Crippen LogP contribution in [0.3, 0.4) is 0 Å². The minimum atomic E-state index is -2.97. The van der Waals surface area contributed by atoms with Crippen LogP contribution in [0.1, 0.15) is 12.5 Å². The fourth-order valence-corrected chi connectivity index (χ4v) is 2.97. The van der Waals surface area contributed by atoms with Gasteiger partial charge in [0.05, 0.1) is 5.75 Å². The highest BCUT2D eigenvalue weighted by Crippen LogP contribution is 2.12. The number of benzene rings is 1. The average Bonchev–Trinajstić information content (AvgIpc) is 2.15. The second kappa shape index (κ2) is 6.38. The lowest BCUT2D eigenvalue weighted by Crippen LogP contribution is -2.37. The first kappa shape index (κ1) is 14.5. The largest absolute Gasteiger partial charge is 0.313 e. The van der Waals surface area contributed by atoms with Crippen molar-refractivity contribution in [2.24, 2.45) is 0 Å². The van der Waals surface area contributed by atoms with Crippen LogP contribution in [-0.4, -0.2) is 33.0 Å². The molecule has 1 unspecified atom stereocenters. The summed E-state index contributed by atoms with van der Waals surface area (Å²) in [7, 11) is -2.97. The molecule has 1 aromatic rings. The van der Waals surface area contributed by atoms with Gasteiger partial charge in [0, 0.05) is 17.3 Å². The molecule has 1 atom stereocenters. The van der Waals surface area contributed by atoms with E-state index in [0.29, 0.717) is 11.4 Å². The van der Waals surface area contributed by atoms with Crippen molar-refractivity contribution in [3.05, 3.63) is 34.9 Å².